The topological polar surface area (TPSA) is 59.0 Å². The van der Waals surface area contributed by atoms with Crippen molar-refractivity contribution in [1.82, 2.24) is 4.90 Å². The Balaban J connectivity index is 1.43. The van der Waals surface area contributed by atoms with Gasteiger partial charge in [-0.25, -0.2) is 4.79 Å². The van der Waals surface area contributed by atoms with Gasteiger partial charge in [-0.3, -0.25) is 0 Å². The Morgan fingerprint density at radius 1 is 1.00 bits per heavy atom. The number of fused-ring (bicyclic) bond motifs is 3. The zero-order valence-corrected chi connectivity index (χ0v) is 16.0. The number of ether oxygens (including phenoxy) is 2. The Bertz CT molecular complexity index is 772. The predicted molar refractivity (Wildman–Crippen MR) is 107 cm³/mol. The molecule has 0 radical (unpaired) electrons. The Morgan fingerprint density at radius 3 is 2.21 bits per heavy atom. The van der Waals surface area contributed by atoms with Gasteiger partial charge < -0.3 is 19.5 Å². The van der Waals surface area contributed by atoms with Gasteiger partial charge in [0.1, 0.15) is 6.61 Å². The van der Waals surface area contributed by atoms with Crippen LogP contribution in [0.3, 0.4) is 0 Å². The number of hydrogen-bond acceptors (Lipinski definition) is 4. The van der Waals surface area contributed by atoms with Crippen LogP contribution in [0.5, 0.6) is 0 Å². The molecule has 0 aliphatic heterocycles. The second-order valence-corrected chi connectivity index (χ2v) is 7.42. The van der Waals surface area contributed by atoms with Gasteiger partial charge in [-0.1, -0.05) is 48.5 Å². The lowest BCUT2D eigenvalue weighted by Crippen LogP contribution is -2.46. The van der Waals surface area contributed by atoms with E-state index in [9.17, 15) is 4.79 Å². The fourth-order valence-electron chi connectivity index (χ4n) is 4.13. The van der Waals surface area contributed by atoms with Crippen LogP contribution in [-0.2, 0) is 9.47 Å². The first-order valence-electron chi connectivity index (χ1n) is 10.1. The third kappa shape index (κ3) is 3.77. The lowest BCUT2D eigenvalue weighted by molar-refractivity contribution is 0.0344. The summed E-state index contributed by atoms with van der Waals surface area (Å²) in [6.45, 7) is 1.55. The van der Waals surface area contributed by atoms with Crippen LogP contribution in [0, 0.1) is 0 Å². The number of aliphatic hydroxyl groups excluding tert-OH is 1. The maximum atomic E-state index is 12.8. The summed E-state index contributed by atoms with van der Waals surface area (Å²) in [5.41, 5.74) is 4.90. The third-order valence-corrected chi connectivity index (χ3v) is 5.80. The van der Waals surface area contributed by atoms with E-state index in [1.54, 1.807) is 4.90 Å². The number of aliphatic hydroxyl groups is 1. The molecule has 0 atom stereocenters. The fraction of sp³-hybridized carbons (Fsp3) is 0.435. The predicted octanol–water partition coefficient (Wildman–Crippen LogP) is 3.80. The van der Waals surface area contributed by atoms with Crippen molar-refractivity contribution in [2.45, 2.75) is 31.2 Å². The summed E-state index contributed by atoms with van der Waals surface area (Å²) in [4.78, 5) is 14.6. The standard InChI is InChI=1S/C23H27NO4/c25-13-15-27-14-12-24(17-6-5-7-17)23(26)28-16-22-20-10-3-1-8-18(20)19-9-2-4-11-21(19)22/h1-4,8-11,17,22,25H,5-7,12-16H2. The Morgan fingerprint density at radius 2 is 1.64 bits per heavy atom. The molecular formula is C23H27NO4. The quantitative estimate of drug-likeness (QED) is 0.707. The minimum atomic E-state index is -0.265. The zero-order valence-electron chi connectivity index (χ0n) is 16.0. The molecule has 5 heteroatoms. The van der Waals surface area contributed by atoms with Crippen molar-refractivity contribution in [3.63, 3.8) is 0 Å². The van der Waals surface area contributed by atoms with Crippen LogP contribution in [0.2, 0.25) is 0 Å². The van der Waals surface area contributed by atoms with Gasteiger partial charge in [0.2, 0.25) is 0 Å². The highest BCUT2D eigenvalue weighted by molar-refractivity contribution is 5.79. The average molecular weight is 381 g/mol. The number of carbonyl (C=O) groups is 1. The average Bonchev–Trinajstić information content (AvgIpc) is 3.01. The molecular weight excluding hydrogens is 354 g/mol. The SMILES string of the molecule is O=C(OCC1c2ccccc2-c2ccccc21)N(CCOCCO)C1CCC1. The summed E-state index contributed by atoms with van der Waals surface area (Å²) >= 11 is 0. The van der Waals surface area contributed by atoms with Crippen LogP contribution in [-0.4, -0.2) is 55.1 Å². The lowest BCUT2D eigenvalue weighted by Gasteiger charge is -2.36. The van der Waals surface area contributed by atoms with Crippen molar-refractivity contribution in [2.75, 3.05) is 33.0 Å². The normalized spacial score (nSPS) is 15.6. The molecule has 5 nitrogen and oxygen atoms in total. The molecule has 0 unspecified atom stereocenters. The van der Waals surface area contributed by atoms with E-state index in [1.807, 2.05) is 12.1 Å². The van der Waals surface area contributed by atoms with Gasteiger partial charge in [-0.15, -0.1) is 0 Å². The number of benzene rings is 2. The monoisotopic (exact) mass is 381 g/mol. The summed E-state index contributed by atoms with van der Waals surface area (Å²) in [5, 5.41) is 8.84. The first-order chi connectivity index (χ1) is 13.8. The van der Waals surface area contributed by atoms with Gasteiger partial charge in [0.25, 0.3) is 0 Å². The molecule has 1 amide bonds. The summed E-state index contributed by atoms with van der Waals surface area (Å²) in [5.74, 6) is 0.0743. The molecule has 1 fully saturated rings. The number of carbonyl (C=O) groups excluding carboxylic acids is 1. The molecule has 148 valence electrons. The van der Waals surface area contributed by atoms with Crippen molar-refractivity contribution in [3.05, 3.63) is 59.7 Å². The second-order valence-electron chi connectivity index (χ2n) is 7.42. The van der Waals surface area contributed by atoms with E-state index in [2.05, 4.69) is 36.4 Å². The van der Waals surface area contributed by atoms with Crippen molar-refractivity contribution in [1.29, 1.82) is 0 Å². The fourth-order valence-corrected chi connectivity index (χ4v) is 4.13. The van der Waals surface area contributed by atoms with Gasteiger partial charge in [0.05, 0.1) is 19.8 Å². The summed E-state index contributed by atoms with van der Waals surface area (Å²) in [6.07, 6.45) is 2.92. The van der Waals surface area contributed by atoms with E-state index in [0.717, 1.165) is 19.3 Å². The van der Waals surface area contributed by atoms with Gasteiger partial charge in [0, 0.05) is 18.5 Å². The molecule has 2 aliphatic carbocycles. The number of nitrogens with zero attached hydrogens (tertiary/aromatic N) is 1. The molecule has 2 aromatic rings. The van der Waals surface area contributed by atoms with Gasteiger partial charge >= 0.3 is 6.09 Å². The zero-order chi connectivity index (χ0) is 19.3. The lowest BCUT2D eigenvalue weighted by atomic mass is 9.92. The van der Waals surface area contributed by atoms with E-state index in [1.165, 1.54) is 22.3 Å². The Kier molecular flexibility index (Phi) is 5.93. The van der Waals surface area contributed by atoms with Crippen molar-refractivity contribution < 1.29 is 19.4 Å². The first kappa shape index (κ1) is 19.0. The molecule has 4 rings (SSSR count). The van der Waals surface area contributed by atoms with E-state index >= 15 is 0 Å². The molecule has 0 heterocycles. The molecule has 0 aromatic heterocycles. The maximum Gasteiger partial charge on any atom is 0.410 e. The van der Waals surface area contributed by atoms with Crippen molar-refractivity contribution in [2.24, 2.45) is 0 Å². The highest BCUT2D eigenvalue weighted by Crippen LogP contribution is 2.44. The first-order valence-corrected chi connectivity index (χ1v) is 10.1. The van der Waals surface area contributed by atoms with Gasteiger partial charge in [0.15, 0.2) is 0 Å². The van der Waals surface area contributed by atoms with E-state index in [4.69, 9.17) is 14.6 Å². The van der Waals surface area contributed by atoms with Crippen LogP contribution >= 0.6 is 0 Å². The maximum absolute atomic E-state index is 12.8. The van der Waals surface area contributed by atoms with E-state index in [-0.39, 0.29) is 24.7 Å². The van der Waals surface area contributed by atoms with Crippen LogP contribution < -0.4 is 0 Å². The smallest absolute Gasteiger partial charge is 0.410 e. The molecule has 1 N–H and O–H groups in total. The van der Waals surface area contributed by atoms with Gasteiger partial charge in [-0.2, -0.15) is 0 Å². The molecule has 2 aromatic carbocycles. The highest BCUT2D eigenvalue weighted by Gasteiger charge is 2.32. The minimum Gasteiger partial charge on any atom is -0.448 e. The summed E-state index contributed by atoms with van der Waals surface area (Å²) < 4.78 is 11.2. The Hall–Kier alpha value is -2.37. The van der Waals surface area contributed by atoms with Crippen molar-refractivity contribution >= 4 is 6.09 Å². The number of rotatable bonds is 8. The number of amides is 1. The van der Waals surface area contributed by atoms with Crippen LogP contribution in [0.1, 0.15) is 36.3 Å². The van der Waals surface area contributed by atoms with Crippen molar-refractivity contribution in [3.8, 4) is 11.1 Å². The Labute approximate surface area is 165 Å². The summed E-state index contributed by atoms with van der Waals surface area (Å²) in [7, 11) is 0. The molecule has 2 aliphatic rings. The highest BCUT2D eigenvalue weighted by atomic mass is 16.6. The van der Waals surface area contributed by atoms with Crippen LogP contribution in [0.25, 0.3) is 11.1 Å². The third-order valence-electron chi connectivity index (χ3n) is 5.80. The second kappa shape index (κ2) is 8.76. The molecule has 0 spiro atoms. The largest absolute Gasteiger partial charge is 0.448 e. The van der Waals surface area contributed by atoms with Crippen LogP contribution in [0.15, 0.2) is 48.5 Å². The molecule has 28 heavy (non-hydrogen) atoms. The molecule has 0 saturated heterocycles. The van der Waals surface area contributed by atoms with E-state index in [0.29, 0.717) is 26.4 Å². The molecule has 0 bridgehead atoms. The number of hydrogen-bond donors (Lipinski definition) is 1. The summed E-state index contributed by atoms with van der Waals surface area (Å²) in [6, 6.07) is 16.9. The van der Waals surface area contributed by atoms with E-state index < -0.39 is 0 Å². The molecule has 1 saturated carbocycles. The van der Waals surface area contributed by atoms with Gasteiger partial charge in [-0.05, 0) is 41.5 Å². The minimum absolute atomic E-state index is 0.00558. The van der Waals surface area contributed by atoms with Crippen LogP contribution in [0.4, 0.5) is 4.79 Å².